The second-order valence-corrected chi connectivity index (χ2v) is 3.72. The molecule has 1 aromatic carbocycles. The second-order valence-electron chi connectivity index (χ2n) is 3.72. The summed E-state index contributed by atoms with van der Waals surface area (Å²) < 4.78 is 10.3. The van der Waals surface area contributed by atoms with E-state index in [-0.39, 0.29) is 0 Å². The highest BCUT2D eigenvalue weighted by molar-refractivity contribution is 5.41. The summed E-state index contributed by atoms with van der Waals surface area (Å²) in [6, 6.07) is 5.39. The zero-order valence-electron chi connectivity index (χ0n) is 10.3. The normalized spacial score (nSPS) is 11.6. The lowest BCUT2D eigenvalue weighted by Crippen LogP contribution is -2.01. The first-order valence-electron chi connectivity index (χ1n) is 5.56. The molecule has 0 fully saturated rings. The standard InChI is InChI=1S/C14H18O3/c1-4-5-6-7-13(15)12-9-8-11(16-2)10-14(12)17-3/h1,8-10,13,15H,5-7H2,2-3H3. The summed E-state index contributed by atoms with van der Waals surface area (Å²) in [6.45, 7) is 0. The van der Waals surface area contributed by atoms with Crippen molar-refractivity contribution in [3.05, 3.63) is 23.8 Å². The smallest absolute Gasteiger partial charge is 0.128 e. The minimum absolute atomic E-state index is 0.552. The molecule has 3 heteroatoms. The van der Waals surface area contributed by atoms with Gasteiger partial charge < -0.3 is 14.6 Å². The molecular weight excluding hydrogens is 216 g/mol. The van der Waals surface area contributed by atoms with Gasteiger partial charge in [-0.2, -0.15) is 0 Å². The first-order valence-corrected chi connectivity index (χ1v) is 5.56. The van der Waals surface area contributed by atoms with Gasteiger partial charge in [0.05, 0.1) is 20.3 Å². The predicted octanol–water partition coefficient (Wildman–Crippen LogP) is 2.54. The Morgan fingerprint density at radius 1 is 1.35 bits per heavy atom. The predicted molar refractivity (Wildman–Crippen MR) is 67.2 cm³/mol. The fourth-order valence-corrected chi connectivity index (χ4v) is 1.65. The summed E-state index contributed by atoms with van der Waals surface area (Å²) in [5, 5.41) is 10.0. The van der Waals surface area contributed by atoms with E-state index in [9.17, 15) is 5.11 Å². The Labute approximate surface area is 102 Å². The summed E-state index contributed by atoms with van der Waals surface area (Å²) in [5.41, 5.74) is 0.769. The number of hydrogen-bond donors (Lipinski definition) is 1. The Kier molecular flexibility index (Phi) is 5.38. The molecular formula is C14H18O3. The fourth-order valence-electron chi connectivity index (χ4n) is 1.65. The maximum absolute atomic E-state index is 10.0. The van der Waals surface area contributed by atoms with Crippen molar-refractivity contribution in [2.75, 3.05) is 14.2 Å². The van der Waals surface area contributed by atoms with Gasteiger partial charge in [0.15, 0.2) is 0 Å². The highest BCUT2D eigenvalue weighted by atomic mass is 16.5. The van der Waals surface area contributed by atoms with E-state index in [2.05, 4.69) is 5.92 Å². The molecule has 0 spiro atoms. The largest absolute Gasteiger partial charge is 0.497 e. The van der Waals surface area contributed by atoms with E-state index in [4.69, 9.17) is 15.9 Å². The van der Waals surface area contributed by atoms with Crippen LogP contribution in [-0.2, 0) is 0 Å². The van der Waals surface area contributed by atoms with Crippen LogP contribution in [-0.4, -0.2) is 19.3 Å². The molecule has 0 aliphatic rings. The molecule has 0 aromatic heterocycles. The van der Waals surface area contributed by atoms with Gasteiger partial charge in [-0.05, 0) is 25.0 Å². The zero-order valence-corrected chi connectivity index (χ0v) is 10.3. The molecule has 0 saturated heterocycles. The molecule has 3 nitrogen and oxygen atoms in total. The Morgan fingerprint density at radius 2 is 2.12 bits per heavy atom. The van der Waals surface area contributed by atoms with Crippen molar-refractivity contribution >= 4 is 0 Å². The monoisotopic (exact) mass is 234 g/mol. The molecule has 1 N–H and O–H groups in total. The van der Waals surface area contributed by atoms with Crippen molar-refractivity contribution in [3.8, 4) is 23.8 Å². The molecule has 0 aliphatic heterocycles. The van der Waals surface area contributed by atoms with E-state index in [1.165, 1.54) is 0 Å². The van der Waals surface area contributed by atoms with E-state index in [1.807, 2.05) is 12.1 Å². The van der Waals surface area contributed by atoms with Gasteiger partial charge in [-0.15, -0.1) is 12.3 Å². The van der Waals surface area contributed by atoms with Gasteiger partial charge >= 0.3 is 0 Å². The van der Waals surface area contributed by atoms with Gasteiger partial charge in [-0.25, -0.2) is 0 Å². The average Bonchev–Trinajstić information content (AvgIpc) is 2.38. The second kappa shape index (κ2) is 6.82. The molecule has 1 rings (SSSR count). The van der Waals surface area contributed by atoms with E-state index in [1.54, 1.807) is 20.3 Å². The molecule has 1 aromatic rings. The zero-order chi connectivity index (χ0) is 12.7. The lowest BCUT2D eigenvalue weighted by molar-refractivity contribution is 0.161. The molecule has 0 bridgehead atoms. The number of benzene rings is 1. The van der Waals surface area contributed by atoms with Gasteiger partial charge in [0.1, 0.15) is 11.5 Å². The number of aliphatic hydroxyl groups is 1. The maximum atomic E-state index is 10.0. The van der Waals surface area contributed by atoms with Gasteiger partial charge in [0.25, 0.3) is 0 Å². The number of rotatable bonds is 6. The van der Waals surface area contributed by atoms with Gasteiger partial charge in [-0.3, -0.25) is 0 Å². The lowest BCUT2D eigenvalue weighted by Gasteiger charge is -2.15. The summed E-state index contributed by atoms with van der Waals surface area (Å²) in [6.07, 6.45) is 6.73. The number of unbranched alkanes of at least 4 members (excludes halogenated alkanes) is 1. The number of hydrogen-bond acceptors (Lipinski definition) is 3. The van der Waals surface area contributed by atoms with Crippen LogP contribution in [0.1, 0.15) is 30.9 Å². The molecule has 0 aliphatic carbocycles. The van der Waals surface area contributed by atoms with Crippen LogP contribution in [0.25, 0.3) is 0 Å². The third-order valence-electron chi connectivity index (χ3n) is 2.60. The van der Waals surface area contributed by atoms with E-state index in [0.29, 0.717) is 24.3 Å². The van der Waals surface area contributed by atoms with Crippen LogP contribution in [0.2, 0.25) is 0 Å². The van der Waals surface area contributed by atoms with Crippen molar-refractivity contribution < 1.29 is 14.6 Å². The molecule has 1 atom stereocenters. The molecule has 0 heterocycles. The molecule has 0 amide bonds. The van der Waals surface area contributed by atoms with Crippen molar-refractivity contribution in [1.82, 2.24) is 0 Å². The van der Waals surface area contributed by atoms with Crippen LogP contribution in [0.15, 0.2) is 18.2 Å². The summed E-state index contributed by atoms with van der Waals surface area (Å²) >= 11 is 0. The lowest BCUT2D eigenvalue weighted by atomic mass is 10.0. The van der Waals surface area contributed by atoms with E-state index in [0.717, 1.165) is 12.0 Å². The van der Waals surface area contributed by atoms with E-state index < -0.39 is 6.10 Å². The summed E-state index contributed by atoms with van der Waals surface area (Å²) in [5.74, 6) is 3.91. The van der Waals surface area contributed by atoms with Crippen LogP contribution in [0.4, 0.5) is 0 Å². The summed E-state index contributed by atoms with van der Waals surface area (Å²) in [4.78, 5) is 0. The molecule has 17 heavy (non-hydrogen) atoms. The van der Waals surface area contributed by atoms with Gasteiger partial charge in [0, 0.05) is 18.1 Å². The molecule has 1 unspecified atom stereocenters. The first kappa shape index (κ1) is 13.4. The van der Waals surface area contributed by atoms with Crippen LogP contribution in [0.5, 0.6) is 11.5 Å². The number of methoxy groups -OCH3 is 2. The maximum Gasteiger partial charge on any atom is 0.128 e. The third kappa shape index (κ3) is 3.69. The number of terminal acetylenes is 1. The Morgan fingerprint density at radius 3 is 2.71 bits per heavy atom. The van der Waals surface area contributed by atoms with Gasteiger partial charge in [0.2, 0.25) is 0 Å². The fraction of sp³-hybridized carbons (Fsp3) is 0.429. The van der Waals surface area contributed by atoms with Crippen molar-refractivity contribution in [2.24, 2.45) is 0 Å². The topological polar surface area (TPSA) is 38.7 Å². The first-order chi connectivity index (χ1) is 8.22. The SMILES string of the molecule is C#CCCCC(O)c1ccc(OC)cc1OC. The summed E-state index contributed by atoms with van der Waals surface area (Å²) in [7, 11) is 3.17. The Hall–Kier alpha value is -1.66. The Bertz CT molecular complexity index is 393. The van der Waals surface area contributed by atoms with Crippen molar-refractivity contribution in [2.45, 2.75) is 25.4 Å². The minimum Gasteiger partial charge on any atom is -0.497 e. The van der Waals surface area contributed by atoms with Crippen LogP contribution < -0.4 is 9.47 Å². The molecule has 0 saturated carbocycles. The highest BCUT2D eigenvalue weighted by Crippen LogP contribution is 2.31. The minimum atomic E-state index is -0.552. The van der Waals surface area contributed by atoms with Gasteiger partial charge in [-0.1, -0.05) is 0 Å². The van der Waals surface area contributed by atoms with E-state index >= 15 is 0 Å². The van der Waals surface area contributed by atoms with Crippen molar-refractivity contribution in [1.29, 1.82) is 0 Å². The average molecular weight is 234 g/mol. The molecule has 0 radical (unpaired) electrons. The van der Waals surface area contributed by atoms with Crippen molar-refractivity contribution in [3.63, 3.8) is 0 Å². The van der Waals surface area contributed by atoms with Crippen LogP contribution >= 0.6 is 0 Å². The number of aliphatic hydroxyl groups excluding tert-OH is 1. The Balaban J connectivity index is 2.78. The van der Waals surface area contributed by atoms with Crippen LogP contribution in [0, 0.1) is 12.3 Å². The third-order valence-corrected chi connectivity index (χ3v) is 2.60. The van der Waals surface area contributed by atoms with Crippen LogP contribution in [0.3, 0.4) is 0 Å². The highest BCUT2D eigenvalue weighted by Gasteiger charge is 2.13. The molecule has 92 valence electrons. The quantitative estimate of drug-likeness (QED) is 0.607. The number of ether oxygens (including phenoxy) is 2.